The number of ketones is 1. The van der Waals surface area contributed by atoms with Crippen molar-refractivity contribution in [1.82, 2.24) is 9.97 Å². The molecule has 1 aliphatic heterocycles. The van der Waals surface area contributed by atoms with Crippen molar-refractivity contribution in [3.05, 3.63) is 74.9 Å². The summed E-state index contributed by atoms with van der Waals surface area (Å²) in [6.45, 7) is 6.02. The molecule has 0 saturated carbocycles. The quantitative estimate of drug-likeness (QED) is 0.278. The van der Waals surface area contributed by atoms with Crippen molar-refractivity contribution in [3.63, 3.8) is 0 Å². The van der Waals surface area contributed by atoms with Crippen LogP contribution in [0.1, 0.15) is 45.3 Å². The summed E-state index contributed by atoms with van der Waals surface area (Å²) in [6.07, 6.45) is 0.785. The van der Waals surface area contributed by atoms with E-state index >= 15 is 0 Å². The van der Waals surface area contributed by atoms with Crippen LogP contribution in [0.5, 0.6) is 11.5 Å². The van der Waals surface area contributed by atoms with E-state index in [9.17, 15) is 14.7 Å². The van der Waals surface area contributed by atoms with E-state index in [1.165, 1.54) is 27.6 Å². The Balaban J connectivity index is 1.70. The molecule has 10 heteroatoms. The Bertz CT molecular complexity index is 1550. The molecule has 0 radical (unpaired) electrons. The molecule has 1 N–H and O–H groups in total. The zero-order valence-electron chi connectivity index (χ0n) is 20.8. The van der Waals surface area contributed by atoms with Crippen LogP contribution in [0.15, 0.2) is 53.8 Å². The molecular weight excluding hydrogens is 510 g/mol. The predicted molar refractivity (Wildman–Crippen MR) is 144 cm³/mol. The van der Waals surface area contributed by atoms with E-state index in [1.807, 2.05) is 44.2 Å². The highest BCUT2D eigenvalue weighted by atomic mass is 32.1. The number of benzene rings is 2. The van der Waals surface area contributed by atoms with Gasteiger partial charge in [0.05, 0.1) is 45.1 Å². The Morgan fingerprint density at radius 1 is 1.14 bits per heavy atom. The SMILES string of the molecule is CCCOc1ccccc1C1C(C(=O)c2sc(C)nc2C)=C(O)C(=O)N1c1nc2ccc(OC)cc2s1. The fourth-order valence-electron chi connectivity index (χ4n) is 4.37. The Hall–Kier alpha value is -3.76. The normalized spacial score (nSPS) is 15.6. The lowest BCUT2D eigenvalue weighted by Crippen LogP contribution is -2.31. The van der Waals surface area contributed by atoms with Crippen molar-refractivity contribution < 1.29 is 24.2 Å². The maximum atomic E-state index is 13.9. The zero-order valence-corrected chi connectivity index (χ0v) is 22.4. The van der Waals surface area contributed by atoms with E-state index in [4.69, 9.17) is 9.47 Å². The molecule has 1 unspecified atom stereocenters. The van der Waals surface area contributed by atoms with Crippen LogP contribution in [-0.2, 0) is 4.79 Å². The van der Waals surface area contributed by atoms with Gasteiger partial charge in [-0.2, -0.15) is 0 Å². The van der Waals surface area contributed by atoms with Gasteiger partial charge in [0.1, 0.15) is 17.5 Å². The lowest BCUT2D eigenvalue weighted by molar-refractivity contribution is -0.117. The van der Waals surface area contributed by atoms with Gasteiger partial charge in [-0.1, -0.05) is 36.5 Å². The minimum Gasteiger partial charge on any atom is -0.503 e. The summed E-state index contributed by atoms with van der Waals surface area (Å²) in [5.41, 5.74) is 1.81. The van der Waals surface area contributed by atoms with E-state index in [2.05, 4.69) is 9.97 Å². The summed E-state index contributed by atoms with van der Waals surface area (Å²) < 4.78 is 12.2. The van der Waals surface area contributed by atoms with Crippen LogP contribution in [0.4, 0.5) is 5.13 Å². The number of hydrogen-bond donors (Lipinski definition) is 1. The van der Waals surface area contributed by atoms with Gasteiger partial charge in [-0.15, -0.1) is 11.3 Å². The molecule has 5 rings (SSSR count). The van der Waals surface area contributed by atoms with Crippen LogP contribution in [0.3, 0.4) is 0 Å². The number of anilines is 1. The number of aliphatic hydroxyl groups excluding tert-OH is 1. The summed E-state index contributed by atoms with van der Waals surface area (Å²) in [5.74, 6) is -0.522. The number of aryl methyl sites for hydroxylation is 2. The smallest absolute Gasteiger partial charge is 0.296 e. The molecule has 4 aromatic rings. The minimum atomic E-state index is -0.933. The number of nitrogens with zero attached hydrogens (tertiary/aromatic N) is 3. The van der Waals surface area contributed by atoms with E-state index in [0.29, 0.717) is 44.9 Å². The first-order valence-corrected chi connectivity index (χ1v) is 13.4. The summed E-state index contributed by atoms with van der Waals surface area (Å²) in [7, 11) is 1.58. The van der Waals surface area contributed by atoms with Crippen LogP contribution in [0.2, 0.25) is 0 Å². The number of methoxy groups -OCH3 is 1. The molecule has 8 nitrogen and oxygen atoms in total. The third-order valence-electron chi connectivity index (χ3n) is 6.03. The molecule has 1 atom stereocenters. The second-order valence-electron chi connectivity index (χ2n) is 8.53. The number of rotatable bonds is 8. The number of amides is 1. The fraction of sp³-hybridized carbons (Fsp3) is 0.259. The maximum Gasteiger partial charge on any atom is 0.296 e. The van der Waals surface area contributed by atoms with Crippen molar-refractivity contribution in [2.24, 2.45) is 0 Å². The summed E-state index contributed by atoms with van der Waals surface area (Å²) in [4.78, 5) is 38.3. The number of Topliss-reactive ketones (excluding diaryl/α,β-unsaturated/α-hetero) is 1. The second-order valence-corrected chi connectivity index (χ2v) is 10.7. The highest BCUT2D eigenvalue weighted by molar-refractivity contribution is 7.22. The topological polar surface area (TPSA) is 102 Å². The van der Waals surface area contributed by atoms with Gasteiger partial charge in [-0.3, -0.25) is 14.5 Å². The van der Waals surface area contributed by atoms with Gasteiger partial charge in [0.2, 0.25) is 5.78 Å². The van der Waals surface area contributed by atoms with Crippen molar-refractivity contribution >= 4 is 49.7 Å². The first-order chi connectivity index (χ1) is 17.8. The molecule has 0 aliphatic carbocycles. The second kappa shape index (κ2) is 9.95. The molecule has 2 aromatic carbocycles. The van der Waals surface area contributed by atoms with Gasteiger partial charge < -0.3 is 14.6 Å². The first kappa shape index (κ1) is 24.9. The standard InChI is InChI=1S/C27H25N3O5S2/c1-5-12-35-19-9-7-6-8-17(19)22-21(23(31)25-14(2)28-15(3)36-25)24(32)26(33)30(22)27-29-18-11-10-16(34-4)13-20(18)37-27/h6-11,13,22,32H,5,12H2,1-4H3. The van der Waals surface area contributed by atoms with Crippen LogP contribution < -0.4 is 14.4 Å². The molecule has 0 saturated heterocycles. The molecule has 3 heterocycles. The van der Waals surface area contributed by atoms with Gasteiger partial charge >= 0.3 is 0 Å². The Morgan fingerprint density at radius 3 is 2.62 bits per heavy atom. The Kier molecular flexibility index (Phi) is 6.70. The third kappa shape index (κ3) is 4.36. The average molecular weight is 536 g/mol. The lowest BCUT2D eigenvalue weighted by Gasteiger charge is -2.26. The number of carbonyl (C=O) groups is 2. The van der Waals surface area contributed by atoms with Gasteiger partial charge in [-0.05, 0) is 44.5 Å². The predicted octanol–water partition coefficient (Wildman–Crippen LogP) is 5.95. The van der Waals surface area contributed by atoms with E-state index in [0.717, 1.165) is 16.1 Å². The zero-order chi connectivity index (χ0) is 26.3. The van der Waals surface area contributed by atoms with Gasteiger partial charge in [-0.25, -0.2) is 9.97 Å². The van der Waals surface area contributed by atoms with Crippen molar-refractivity contribution in [2.75, 3.05) is 18.6 Å². The first-order valence-electron chi connectivity index (χ1n) is 11.8. The third-order valence-corrected chi connectivity index (χ3v) is 8.12. The molecule has 1 aliphatic rings. The van der Waals surface area contributed by atoms with Gasteiger partial charge in [0.25, 0.3) is 5.91 Å². The number of aliphatic hydroxyl groups is 1. The van der Waals surface area contributed by atoms with E-state index < -0.39 is 23.5 Å². The lowest BCUT2D eigenvalue weighted by atomic mass is 9.94. The molecule has 0 bridgehead atoms. The summed E-state index contributed by atoms with van der Waals surface area (Å²) in [6, 6.07) is 11.8. The van der Waals surface area contributed by atoms with Crippen LogP contribution in [-0.4, -0.2) is 40.5 Å². The molecule has 1 amide bonds. The van der Waals surface area contributed by atoms with Gasteiger partial charge in [0, 0.05) is 5.56 Å². The number of hydrogen-bond acceptors (Lipinski definition) is 9. The molecule has 0 fully saturated rings. The van der Waals surface area contributed by atoms with Crippen molar-refractivity contribution in [2.45, 2.75) is 33.2 Å². The Labute approximate surface area is 221 Å². The van der Waals surface area contributed by atoms with Crippen molar-refractivity contribution in [1.29, 1.82) is 0 Å². The largest absolute Gasteiger partial charge is 0.503 e. The fourth-order valence-corrected chi connectivity index (χ4v) is 6.26. The summed E-state index contributed by atoms with van der Waals surface area (Å²) >= 11 is 2.52. The summed E-state index contributed by atoms with van der Waals surface area (Å²) in [5, 5.41) is 12.2. The Morgan fingerprint density at radius 2 is 1.92 bits per heavy atom. The monoisotopic (exact) mass is 535 g/mol. The number of fused-ring (bicyclic) bond motifs is 1. The van der Waals surface area contributed by atoms with Gasteiger partial charge in [0.15, 0.2) is 10.9 Å². The number of ether oxygens (including phenoxy) is 2. The number of thiazole rings is 2. The average Bonchev–Trinajstić information content (AvgIpc) is 3.54. The highest BCUT2D eigenvalue weighted by Crippen LogP contribution is 2.47. The van der Waals surface area contributed by atoms with E-state index in [1.54, 1.807) is 26.2 Å². The number of carbonyl (C=O) groups excluding carboxylic acids is 2. The highest BCUT2D eigenvalue weighted by Gasteiger charge is 2.47. The molecule has 37 heavy (non-hydrogen) atoms. The number of aromatic nitrogens is 2. The minimum absolute atomic E-state index is 0.0128. The molecular formula is C27H25N3O5S2. The van der Waals surface area contributed by atoms with Crippen LogP contribution >= 0.6 is 22.7 Å². The number of para-hydroxylation sites is 1. The molecule has 2 aromatic heterocycles. The van der Waals surface area contributed by atoms with Crippen LogP contribution in [0.25, 0.3) is 10.2 Å². The maximum absolute atomic E-state index is 13.9. The van der Waals surface area contributed by atoms with E-state index in [-0.39, 0.29) is 5.57 Å². The molecule has 190 valence electrons. The molecule has 0 spiro atoms. The van der Waals surface area contributed by atoms with Crippen LogP contribution in [0, 0.1) is 13.8 Å². The van der Waals surface area contributed by atoms with Crippen molar-refractivity contribution in [3.8, 4) is 11.5 Å².